The van der Waals surface area contributed by atoms with E-state index in [-0.39, 0.29) is 5.91 Å². The normalized spacial score (nSPS) is 22.3. The summed E-state index contributed by atoms with van der Waals surface area (Å²) >= 11 is 5.88. The largest absolute Gasteiger partial charge is 0.352 e. The van der Waals surface area contributed by atoms with Crippen molar-refractivity contribution in [2.75, 3.05) is 6.54 Å². The summed E-state index contributed by atoms with van der Waals surface area (Å²) < 4.78 is 0. The third-order valence-corrected chi connectivity index (χ3v) is 3.47. The fourth-order valence-corrected chi connectivity index (χ4v) is 2.10. The Labute approximate surface area is 107 Å². The average Bonchev–Trinajstić information content (AvgIpc) is 3.01. The van der Waals surface area contributed by atoms with Crippen LogP contribution in [0.25, 0.3) is 0 Å². The number of hydrogen-bond acceptors (Lipinski definition) is 2. The summed E-state index contributed by atoms with van der Waals surface area (Å²) in [6.45, 7) is 4.96. The highest BCUT2D eigenvalue weighted by Gasteiger charge is 2.32. The number of aromatic nitrogens is 1. The molecule has 1 amide bonds. The molecule has 0 aliphatic heterocycles. The number of hydrogen-bond donors (Lipinski definition) is 1. The Balaban J connectivity index is 2.00. The molecule has 0 radical (unpaired) electrons. The molecule has 4 heteroatoms. The first kappa shape index (κ1) is 12.4. The lowest BCUT2D eigenvalue weighted by Crippen LogP contribution is -2.26. The van der Waals surface area contributed by atoms with Gasteiger partial charge in [-0.2, -0.15) is 0 Å². The van der Waals surface area contributed by atoms with E-state index < -0.39 is 0 Å². The first-order valence-corrected chi connectivity index (χ1v) is 6.42. The lowest BCUT2D eigenvalue weighted by atomic mass is 10.2. The van der Waals surface area contributed by atoms with E-state index in [0.717, 1.165) is 24.6 Å². The number of carbonyl (C=O) groups excluding carboxylic acids is 1. The number of amides is 1. The van der Waals surface area contributed by atoms with Crippen molar-refractivity contribution < 1.29 is 4.79 Å². The van der Waals surface area contributed by atoms with Crippen molar-refractivity contribution in [3.8, 4) is 0 Å². The number of halogens is 1. The van der Waals surface area contributed by atoms with Gasteiger partial charge in [0.25, 0.3) is 5.91 Å². The van der Waals surface area contributed by atoms with Crippen LogP contribution in [-0.4, -0.2) is 17.4 Å². The minimum Gasteiger partial charge on any atom is -0.352 e. The Kier molecular flexibility index (Phi) is 3.67. The summed E-state index contributed by atoms with van der Waals surface area (Å²) in [6, 6.07) is 3.42. The summed E-state index contributed by atoms with van der Waals surface area (Å²) in [5, 5.41) is 3.33. The van der Waals surface area contributed by atoms with Gasteiger partial charge in [-0.15, -0.1) is 0 Å². The van der Waals surface area contributed by atoms with E-state index in [9.17, 15) is 4.79 Å². The zero-order chi connectivity index (χ0) is 12.4. The van der Waals surface area contributed by atoms with Crippen molar-refractivity contribution in [1.82, 2.24) is 10.3 Å². The van der Waals surface area contributed by atoms with Crippen molar-refractivity contribution in [1.29, 1.82) is 0 Å². The second-order valence-electron chi connectivity index (χ2n) is 4.71. The van der Waals surface area contributed by atoms with Gasteiger partial charge in [-0.1, -0.05) is 25.4 Å². The van der Waals surface area contributed by atoms with Gasteiger partial charge in [-0.05, 0) is 36.8 Å². The third-order valence-electron chi connectivity index (χ3n) is 3.27. The van der Waals surface area contributed by atoms with Gasteiger partial charge in [0.1, 0.15) is 5.15 Å². The summed E-state index contributed by atoms with van der Waals surface area (Å²) in [6.07, 6.45) is 2.00. The molecule has 1 heterocycles. The van der Waals surface area contributed by atoms with Gasteiger partial charge in [0.2, 0.25) is 0 Å². The third kappa shape index (κ3) is 3.19. The van der Waals surface area contributed by atoms with Crippen LogP contribution in [0.4, 0.5) is 0 Å². The van der Waals surface area contributed by atoms with Gasteiger partial charge < -0.3 is 5.32 Å². The van der Waals surface area contributed by atoms with E-state index in [1.165, 1.54) is 6.42 Å². The van der Waals surface area contributed by atoms with Gasteiger partial charge in [-0.3, -0.25) is 4.79 Å². The number of carbonyl (C=O) groups is 1. The highest BCUT2D eigenvalue weighted by Crippen LogP contribution is 2.36. The van der Waals surface area contributed by atoms with E-state index in [1.54, 1.807) is 12.1 Å². The van der Waals surface area contributed by atoms with Crippen LogP contribution in [0.2, 0.25) is 5.15 Å². The van der Waals surface area contributed by atoms with E-state index in [2.05, 4.69) is 17.2 Å². The molecule has 1 aliphatic carbocycles. The predicted molar refractivity (Wildman–Crippen MR) is 68.2 cm³/mol. The zero-order valence-electron chi connectivity index (χ0n) is 10.2. The second-order valence-corrected chi connectivity index (χ2v) is 5.09. The van der Waals surface area contributed by atoms with Gasteiger partial charge >= 0.3 is 0 Å². The monoisotopic (exact) mass is 252 g/mol. The molecular weight excluding hydrogens is 236 g/mol. The second kappa shape index (κ2) is 5.05. The van der Waals surface area contributed by atoms with E-state index in [0.29, 0.717) is 16.6 Å². The Hall–Kier alpha value is -1.09. The highest BCUT2D eigenvalue weighted by molar-refractivity contribution is 6.29. The fourth-order valence-electron chi connectivity index (χ4n) is 1.87. The maximum atomic E-state index is 11.9. The van der Waals surface area contributed by atoms with E-state index >= 15 is 0 Å². The molecule has 1 N–H and O–H groups in total. The molecule has 2 unspecified atom stereocenters. The Morgan fingerprint density at radius 3 is 2.88 bits per heavy atom. The van der Waals surface area contributed by atoms with E-state index in [1.807, 2.05) is 6.92 Å². The molecule has 0 bridgehead atoms. The molecule has 0 spiro atoms. The maximum Gasteiger partial charge on any atom is 0.251 e. The molecular formula is C13H17ClN2O. The number of pyridine rings is 1. The molecule has 0 aromatic carbocycles. The lowest BCUT2D eigenvalue weighted by Gasteiger charge is -2.06. The summed E-state index contributed by atoms with van der Waals surface area (Å²) in [5.74, 6) is 1.35. The SMILES string of the molecule is CCc1cc(C(=O)NCC2CC2C)cc(Cl)n1. The molecule has 17 heavy (non-hydrogen) atoms. The van der Waals surface area contributed by atoms with Gasteiger partial charge in [0.15, 0.2) is 0 Å². The minimum absolute atomic E-state index is 0.0527. The maximum absolute atomic E-state index is 11.9. The van der Waals surface area contributed by atoms with E-state index in [4.69, 9.17) is 11.6 Å². The van der Waals surface area contributed by atoms with Gasteiger partial charge in [0.05, 0.1) is 0 Å². The lowest BCUT2D eigenvalue weighted by molar-refractivity contribution is 0.0951. The molecule has 1 aromatic rings. The number of aryl methyl sites for hydroxylation is 1. The first-order chi connectivity index (χ1) is 8.10. The molecule has 3 nitrogen and oxygen atoms in total. The van der Waals surface area contributed by atoms with Crippen molar-refractivity contribution in [3.05, 3.63) is 28.5 Å². The van der Waals surface area contributed by atoms with Gasteiger partial charge in [0, 0.05) is 17.8 Å². The van der Waals surface area contributed by atoms with Crippen molar-refractivity contribution >= 4 is 17.5 Å². The molecule has 1 aliphatic rings. The van der Waals surface area contributed by atoms with Crippen molar-refractivity contribution in [2.45, 2.75) is 26.7 Å². The number of rotatable bonds is 4. The Bertz CT molecular complexity index is 433. The molecule has 2 rings (SSSR count). The molecule has 1 fully saturated rings. The van der Waals surface area contributed by atoms with Gasteiger partial charge in [-0.25, -0.2) is 4.98 Å². The van der Waals surface area contributed by atoms with Crippen LogP contribution in [0.15, 0.2) is 12.1 Å². The minimum atomic E-state index is -0.0527. The zero-order valence-corrected chi connectivity index (χ0v) is 10.9. The predicted octanol–water partition coefficient (Wildman–Crippen LogP) is 2.68. The Morgan fingerprint density at radius 1 is 1.59 bits per heavy atom. The van der Waals surface area contributed by atoms with Crippen LogP contribution in [0.1, 0.15) is 36.3 Å². The van der Waals surface area contributed by atoms with Crippen molar-refractivity contribution in [2.24, 2.45) is 11.8 Å². The van der Waals surface area contributed by atoms with Crippen LogP contribution >= 0.6 is 11.6 Å². The number of nitrogens with one attached hydrogen (secondary N) is 1. The summed E-state index contributed by atoms with van der Waals surface area (Å²) in [4.78, 5) is 16.0. The standard InChI is InChI=1S/C13H17ClN2O/c1-3-11-5-9(6-12(14)16-11)13(17)15-7-10-4-8(10)2/h5-6,8,10H,3-4,7H2,1-2H3,(H,15,17). The molecule has 0 saturated heterocycles. The van der Waals surface area contributed by atoms with Crippen LogP contribution in [0.3, 0.4) is 0 Å². The van der Waals surface area contributed by atoms with Crippen LogP contribution in [0, 0.1) is 11.8 Å². The number of nitrogens with zero attached hydrogens (tertiary/aromatic N) is 1. The fraction of sp³-hybridized carbons (Fsp3) is 0.538. The smallest absolute Gasteiger partial charge is 0.251 e. The average molecular weight is 253 g/mol. The summed E-state index contributed by atoms with van der Waals surface area (Å²) in [7, 11) is 0. The molecule has 92 valence electrons. The topological polar surface area (TPSA) is 42.0 Å². The van der Waals surface area contributed by atoms with Crippen LogP contribution in [-0.2, 0) is 6.42 Å². The highest BCUT2D eigenvalue weighted by atomic mass is 35.5. The molecule has 2 atom stereocenters. The van der Waals surface area contributed by atoms with Crippen LogP contribution in [0.5, 0.6) is 0 Å². The molecule has 1 saturated carbocycles. The molecule has 1 aromatic heterocycles. The first-order valence-electron chi connectivity index (χ1n) is 6.04. The summed E-state index contributed by atoms with van der Waals surface area (Å²) in [5.41, 5.74) is 1.46. The Morgan fingerprint density at radius 2 is 2.29 bits per heavy atom. The van der Waals surface area contributed by atoms with Crippen molar-refractivity contribution in [3.63, 3.8) is 0 Å². The quantitative estimate of drug-likeness (QED) is 0.838. The van der Waals surface area contributed by atoms with Crippen LogP contribution < -0.4 is 5.32 Å².